The lowest BCUT2D eigenvalue weighted by atomic mass is 9.99. The largest absolute Gasteiger partial charge is 0.493 e. The lowest BCUT2D eigenvalue weighted by molar-refractivity contribution is 0.0950. The number of ether oxygens (including phenoxy) is 2. The van der Waals surface area contributed by atoms with E-state index in [1.807, 2.05) is 6.92 Å². The number of hydrogen-bond donors (Lipinski definition) is 1. The fraction of sp³-hybridized carbons (Fsp3) is 0.545. The van der Waals surface area contributed by atoms with Crippen molar-refractivity contribution in [3.8, 4) is 11.5 Å². The van der Waals surface area contributed by atoms with Crippen LogP contribution in [0.1, 0.15) is 45.3 Å². The van der Waals surface area contributed by atoms with Gasteiger partial charge in [-0.1, -0.05) is 13.8 Å². The zero-order chi connectivity index (χ0) is 21.0. The Kier molecular flexibility index (Phi) is 7.14. The van der Waals surface area contributed by atoms with E-state index in [1.54, 1.807) is 14.2 Å². The van der Waals surface area contributed by atoms with Gasteiger partial charge in [0.15, 0.2) is 11.5 Å². The van der Waals surface area contributed by atoms with E-state index >= 15 is 0 Å². The van der Waals surface area contributed by atoms with Crippen molar-refractivity contribution in [2.75, 3.05) is 33.9 Å². The number of rotatable bonds is 8. The summed E-state index contributed by atoms with van der Waals surface area (Å²) in [5, 5.41) is 4.10. The van der Waals surface area contributed by atoms with Crippen LogP contribution in [0, 0.1) is 12.8 Å². The van der Waals surface area contributed by atoms with E-state index in [4.69, 9.17) is 9.47 Å². The molecule has 0 fully saturated rings. The van der Waals surface area contributed by atoms with Crippen molar-refractivity contribution >= 4 is 17.2 Å². The zero-order valence-corrected chi connectivity index (χ0v) is 18.8. The number of aromatic nitrogens is 1. The van der Waals surface area contributed by atoms with Gasteiger partial charge in [-0.15, -0.1) is 11.3 Å². The zero-order valence-electron chi connectivity index (χ0n) is 18.0. The van der Waals surface area contributed by atoms with Gasteiger partial charge >= 0.3 is 0 Å². The van der Waals surface area contributed by atoms with E-state index in [1.165, 1.54) is 22.5 Å². The molecule has 7 heteroatoms. The van der Waals surface area contributed by atoms with Gasteiger partial charge in [-0.3, -0.25) is 9.69 Å². The van der Waals surface area contributed by atoms with Crippen molar-refractivity contribution in [1.29, 1.82) is 0 Å². The van der Waals surface area contributed by atoms with Crippen LogP contribution in [0.5, 0.6) is 11.5 Å². The molecule has 0 saturated heterocycles. The van der Waals surface area contributed by atoms with Gasteiger partial charge in [-0.25, -0.2) is 4.98 Å². The first-order valence-electron chi connectivity index (χ1n) is 10.1. The van der Waals surface area contributed by atoms with Crippen molar-refractivity contribution in [2.24, 2.45) is 5.92 Å². The fourth-order valence-corrected chi connectivity index (χ4v) is 4.83. The van der Waals surface area contributed by atoms with E-state index in [-0.39, 0.29) is 5.91 Å². The molecule has 0 bridgehead atoms. The first kappa shape index (κ1) is 21.6. The van der Waals surface area contributed by atoms with Crippen LogP contribution in [-0.2, 0) is 19.4 Å². The molecule has 6 nitrogen and oxygen atoms in total. The van der Waals surface area contributed by atoms with Crippen molar-refractivity contribution in [3.05, 3.63) is 38.8 Å². The molecule has 0 radical (unpaired) electrons. The van der Waals surface area contributed by atoms with Gasteiger partial charge in [-0.2, -0.15) is 0 Å². The molecule has 2 heterocycles. The van der Waals surface area contributed by atoms with Crippen LogP contribution in [0.25, 0.3) is 0 Å². The van der Waals surface area contributed by atoms with Gasteiger partial charge in [0, 0.05) is 32.6 Å². The topological polar surface area (TPSA) is 63.7 Å². The first-order chi connectivity index (χ1) is 13.9. The molecule has 0 spiro atoms. The number of thiazole rings is 1. The van der Waals surface area contributed by atoms with Crippen LogP contribution in [0.2, 0.25) is 0 Å². The molecule has 0 aliphatic carbocycles. The lowest BCUT2D eigenvalue weighted by Crippen LogP contribution is -2.37. The molecule has 0 atom stereocenters. The number of amides is 1. The lowest BCUT2D eigenvalue weighted by Gasteiger charge is -2.29. The van der Waals surface area contributed by atoms with Crippen LogP contribution in [0.15, 0.2) is 12.1 Å². The number of hydrogen-bond acceptors (Lipinski definition) is 6. The summed E-state index contributed by atoms with van der Waals surface area (Å²) in [5.41, 5.74) is 3.40. The van der Waals surface area contributed by atoms with Gasteiger partial charge < -0.3 is 14.8 Å². The number of aryl methyl sites for hydroxylation is 1. The van der Waals surface area contributed by atoms with Crippen molar-refractivity contribution in [3.63, 3.8) is 0 Å². The highest BCUT2D eigenvalue weighted by atomic mass is 32.1. The minimum absolute atomic E-state index is 0.0150. The number of carbonyl (C=O) groups is 1. The monoisotopic (exact) mass is 417 g/mol. The van der Waals surface area contributed by atoms with Crippen molar-refractivity contribution < 1.29 is 14.3 Å². The predicted molar refractivity (Wildman–Crippen MR) is 116 cm³/mol. The van der Waals surface area contributed by atoms with E-state index in [2.05, 4.69) is 41.2 Å². The van der Waals surface area contributed by atoms with E-state index in [9.17, 15) is 4.79 Å². The molecule has 3 rings (SSSR count). The molecule has 1 N–H and O–H groups in total. The smallest absolute Gasteiger partial charge is 0.263 e. The second-order valence-corrected chi connectivity index (χ2v) is 8.96. The van der Waals surface area contributed by atoms with Gasteiger partial charge in [0.1, 0.15) is 4.88 Å². The SMILES string of the molecule is COc1cc2c(cc1OC)CN(CCNC(=O)c1sc(CC(C)C)nc1C)CC2. The number of methoxy groups -OCH3 is 2. The Morgan fingerprint density at radius 3 is 2.59 bits per heavy atom. The maximum Gasteiger partial charge on any atom is 0.263 e. The Hall–Kier alpha value is -2.12. The summed E-state index contributed by atoms with van der Waals surface area (Å²) in [6, 6.07) is 4.14. The molecular weight excluding hydrogens is 386 g/mol. The summed E-state index contributed by atoms with van der Waals surface area (Å²) in [7, 11) is 3.33. The van der Waals surface area contributed by atoms with Crippen LogP contribution in [0.3, 0.4) is 0 Å². The standard InChI is InChI=1S/C22H31N3O3S/c1-14(2)10-20-24-15(3)21(29-20)22(26)23-7-9-25-8-6-16-11-18(27-4)19(28-5)12-17(16)13-25/h11-12,14H,6-10,13H2,1-5H3,(H,23,26). The molecule has 29 heavy (non-hydrogen) atoms. The molecule has 1 aromatic heterocycles. The molecule has 0 saturated carbocycles. The van der Waals surface area contributed by atoms with E-state index < -0.39 is 0 Å². The van der Waals surface area contributed by atoms with Crippen LogP contribution < -0.4 is 14.8 Å². The number of nitrogens with one attached hydrogen (secondary N) is 1. The normalized spacial score (nSPS) is 14.0. The van der Waals surface area contributed by atoms with E-state index in [0.717, 1.165) is 59.6 Å². The fourth-order valence-electron chi connectivity index (χ4n) is 3.64. The molecule has 1 aromatic carbocycles. The van der Waals surface area contributed by atoms with Crippen LogP contribution in [-0.4, -0.2) is 49.6 Å². The minimum Gasteiger partial charge on any atom is -0.493 e. The Bertz CT molecular complexity index is 863. The van der Waals surface area contributed by atoms with Gasteiger partial charge in [0.2, 0.25) is 0 Å². The highest BCUT2D eigenvalue weighted by molar-refractivity contribution is 7.13. The van der Waals surface area contributed by atoms with Crippen LogP contribution >= 0.6 is 11.3 Å². The second kappa shape index (κ2) is 9.59. The van der Waals surface area contributed by atoms with Gasteiger partial charge in [-0.05, 0) is 42.5 Å². The number of benzene rings is 1. The third kappa shape index (κ3) is 5.28. The predicted octanol–water partition coefficient (Wildman–Crippen LogP) is 3.46. The summed E-state index contributed by atoms with van der Waals surface area (Å²) in [6.07, 6.45) is 1.89. The summed E-state index contributed by atoms with van der Waals surface area (Å²) in [4.78, 5) is 20.2. The molecule has 1 aliphatic rings. The molecule has 2 aromatic rings. The molecule has 158 valence electrons. The molecule has 1 amide bonds. The summed E-state index contributed by atoms with van der Waals surface area (Å²) >= 11 is 1.52. The van der Waals surface area contributed by atoms with E-state index in [0.29, 0.717) is 12.5 Å². The molecule has 1 aliphatic heterocycles. The molecule has 0 unspecified atom stereocenters. The quantitative estimate of drug-likeness (QED) is 0.713. The highest BCUT2D eigenvalue weighted by Gasteiger charge is 2.20. The highest BCUT2D eigenvalue weighted by Crippen LogP contribution is 2.33. The summed E-state index contributed by atoms with van der Waals surface area (Å²) in [5.74, 6) is 2.07. The Labute approximate surface area is 177 Å². The Balaban J connectivity index is 1.54. The maximum absolute atomic E-state index is 12.6. The number of fused-ring (bicyclic) bond motifs is 1. The Morgan fingerprint density at radius 2 is 1.93 bits per heavy atom. The van der Waals surface area contributed by atoms with Crippen molar-refractivity contribution in [1.82, 2.24) is 15.2 Å². The average molecular weight is 418 g/mol. The second-order valence-electron chi connectivity index (χ2n) is 7.88. The maximum atomic E-state index is 12.6. The minimum atomic E-state index is -0.0150. The number of nitrogens with zero attached hydrogens (tertiary/aromatic N) is 2. The average Bonchev–Trinajstić information content (AvgIpc) is 3.06. The van der Waals surface area contributed by atoms with Crippen molar-refractivity contribution in [2.45, 2.75) is 40.2 Å². The number of carbonyl (C=O) groups excluding carboxylic acids is 1. The van der Waals surface area contributed by atoms with Crippen LogP contribution in [0.4, 0.5) is 0 Å². The molecular formula is C22H31N3O3S. The van der Waals surface area contributed by atoms with Gasteiger partial charge in [0.25, 0.3) is 5.91 Å². The third-order valence-electron chi connectivity index (χ3n) is 5.14. The Morgan fingerprint density at radius 1 is 1.24 bits per heavy atom. The first-order valence-corrected chi connectivity index (χ1v) is 10.9. The summed E-state index contributed by atoms with van der Waals surface area (Å²) < 4.78 is 10.8. The van der Waals surface area contributed by atoms with Gasteiger partial charge in [0.05, 0.1) is 24.9 Å². The summed E-state index contributed by atoms with van der Waals surface area (Å²) in [6.45, 7) is 9.50. The third-order valence-corrected chi connectivity index (χ3v) is 6.32.